The van der Waals surface area contributed by atoms with Crippen LogP contribution in [-0.4, -0.2) is 16.0 Å². The number of amides is 1. The molecule has 24 heavy (non-hydrogen) atoms. The molecule has 0 bridgehead atoms. The molecule has 1 aliphatic heterocycles. The molecule has 0 atom stereocenters. The number of fused-ring (bicyclic) bond motifs is 1. The smallest absolute Gasteiger partial charge is 0.256 e. The van der Waals surface area contributed by atoms with Gasteiger partial charge >= 0.3 is 0 Å². The molecule has 0 saturated carbocycles. The summed E-state index contributed by atoms with van der Waals surface area (Å²) in [5.41, 5.74) is 4.74. The number of carbonyl (C=O) groups is 1. The zero-order valence-electron chi connectivity index (χ0n) is 12.7. The van der Waals surface area contributed by atoms with Crippen molar-refractivity contribution in [2.45, 2.75) is 0 Å². The number of phenolic OH excluding ortho intramolecular Hbond substituents is 1. The zero-order chi connectivity index (χ0) is 16.5. The Balaban J connectivity index is 1.78. The molecule has 0 aliphatic carbocycles. The summed E-state index contributed by atoms with van der Waals surface area (Å²) in [5.74, 6) is -0.0187. The van der Waals surface area contributed by atoms with Crippen molar-refractivity contribution < 1.29 is 9.90 Å². The second kappa shape index (κ2) is 5.66. The predicted octanol–water partition coefficient (Wildman–Crippen LogP) is 3.95. The number of benzene rings is 2. The summed E-state index contributed by atoms with van der Waals surface area (Å²) in [7, 11) is 0. The molecular formula is C20H14N2O2. The highest BCUT2D eigenvalue weighted by Gasteiger charge is 2.24. The molecule has 4 nitrogen and oxygen atoms in total. The molecule has 0 spiro atoms. The molecule has 0 saturated heterocycles. The number of anilines is 1. The van der Waals surface area contributed by atoms with Crippen molar-refractivity contribution in [2.75, 3.05) is 5.32 Å². The van der Waals surface area contributed by atoms with E-state index in [4.69, 9.17) is 0 Å². The van der Waals surface area contributed by atoms with Crippen LogP contribution in [0.1, 0.15) is 11.1 Å². The van der Waals surface area contributed by atoms with Crippen molar-refractivity contribution in [1.82, 2.24) is 4.98 Å². The zero-order valence-corrected chi connectivity index (χ0v) is 12.7. The van der Waals surface area contributed by atoms with Crippen LogP contribution in [0.15, 0.2) is 67.0 Å². The molecule has 4 heteroatoms. The van der Waals surface area contributed by atoms with E-state index >= 15 is 0 Å². The molecule has 116 valence electrons. The number of aromatic nitrogens is 1. The molecule has 0 radical (unpaired) electrons. The van der Waals surface area contributed by atoms with E-state index in [9.17, 15) is 9.90 Å². The van der Waals surface area contributed by atoms with Crippen LogP contribution in [0.5, 0.6) is 5.75 Å². The van der Waals surface area contributed by atoms with Gasteiger partial charge in [0.1, 0.15) is 5.75 Å². The van der Waals surface area contributed by atoms with Gasteiger partial charge in [0.25, 0.3) is 5.91 Å². The lowest BCUT2D eigenvalue weighted by atomic mass is 10.00. The lowest BCUT2D eigenvalue weighted by Crippen LogP contribution is -2.03. The van der Waals surface area contributed by atoms with Crippen molar-refractivity contribution in [3.05, 3.63) is 78.1 Å². The van der Waals surface area contributed by atoms with Crippen molar-refractivity contribution in [3.63, 3.8) is 0 Å². The molecule has 0 unspecified atom stereocenters. The topological polar surface area (TPSA) is 62.2 Å². The van der Waals surface area contributed by atoms with E-state index in [2.05, 4.69) is 10.3 Å². The Morgan fingerprint density at radius 1 is 1.00 bits per heavy atom. The van der Waals surface area contributed by atoms with E-state index in [1.54, 1.807) is 36.7 Å². The molecule has 2 N–H and O–H groups in total. The number of hydrogen-bond donors (Lipinski definition) is 2. The third-order valence-electron chi connectivity index (χ3n) is 4.03. The fraction of sp³-hybridized carbons (Fsp3) is 0. The number of rotatable bonds is 2. The van der Waals surface area contributed by atoms with Gasteiger partial charge in [-0.05, 0) is 29.8 Å². The monoisotopic (exact) mass is 314 g/mol. The average molecular weight is 314 g/mol. The fourth-order valence-corrected chi connectivity index (χ4v) is 2.82. The Morgan fingerprint density at radius 2 is 1.88 bits per heavy atom. The standard InChI is InChI=1S/C20H14N2O2/c23-19-6-2-1-4-14(19)10-17-16-8-7-13(11-18(16)22-20(17)24)15-5-3-9-21-12-15/h1-12,23H,(H,22,24)/b17-10-. The fourth-order valence-electron chi connectivity index (χ4n) is 2.82. The van der Waals surface area contributed by atoms with E-state index in [0.717, 1.165) is 22.4 Å². The maximum Gasteiger partial charge on any atom is 0.256 e. The minimum atomic E-state index is -0.170. The summed E-state index contributed by atoms with van der Waals surface area (Å²) in [6.07, 6.45) is 5.23. The lowest BCUT2D eigenvalue weighted by Gasteiger charge is -2.04. The first kappa shape index (κ1) is 14.2. The van der Waals surface area contributed by atoms with Crippen LogP contribution < -0.4 is 5.32 Å². The maximum absolute atomic E-state index is 12.3. The van der Waals surface area contributed by atoms with Crippen molar-refractivity contribution in [2.24, 2.45) is 0 Å². The van der Waals surface area contributed by atoms with Crippen LogP contribution in [-0.2, 0) is 4.79 Å². The first-order chi connectivity index (χ1) is 11.7. The van der Waals surface area contributed by atoms with Gasteiger partial charge in [-0.15, -0.1) is 0 Å². The number of hydrogen-bond acceptors (Lipinski definition) is 3. The summed E-state index contributed by atoms with van der Waals surface area (Å²) < 4.78 is 0. The van der Waals surface area contributed by atoms with Crippen LogP contribution in [0.25, 0.3) is 22.8 Å². The second-order valence-corrected chi connectivity index (χ2v) is 5.57. The van der Waals surface area contributed by atoms with E-state index in [1.165, 1.54) is 0 Å². The molecule has 1 amide bonds. The summed E-state index contributed by atoms with van der Waals surface area (Å²) >= 11 is 0. The van der Waals surface area contributed by atoms with Crippen molar-refractivity contribution in [3.8, 4) is 16.9 Å². The van der Waals surface area contributed by atoms with E-state index in [-0.39, 0.29) is 11.7 Å². The number of pyridine rings is 1. The highest BCUT2D eigenvalue weighted by atomic mass is 16.3. The van der Waals surface area contributed by atoms with E-state index < -0.39 is 0 Å². The summed E-state index contributed by atoms with van der Waals surface area (Å²) in [4.78, 5) is 16.4. The number of carbonyl (C=O) groups excluding carboxylic acids is 1. The summed E-state index contributed by atoms with van der Waals surface area (Å²) in [5, 5.41) is 12.8. The quantitative estimate of drug-likeness (QED) is 0.704. The van der Waals surface area contributed by atoms with Gasteiger partial charge in [-0.2, -0.15) is 0 Å². The number of nitrogens with zero attached hydrogens (tertiary/aromatic N) is 1. The first-order valence-corrected chi connectivity index (χ1v) is 7.58. The molecule has 1 aromatic heterocycles. The first-order valence-electron chi connectivity index (χ1n) is 7.58. The Labute approximate surface area is 139 Å². The number of phenols is 1. The third kappa shape index (κ3) is 2.44. The van der Waals surface area contributed by atoms with Crippen LogP contribution in [0.3, 0.4) is 0 Å². The van der Waals surface area contributed by atoms with Gasteiger partial charge in [-0.25, -0.2) is 0 Å². The second-order valence-electron chi connectivity index (χ2n) is 5.57. The van der Waals surface area contributed by atoms with Crippen molar-refractivity contribution in [1.29, 1.82) is 0 Å². The average Bonchev–Trinajstić information content (AvgIpc) is 2.92. The molecule has 2 aromatic carbocycles. The largest absolute Gasteiger partial charge is 0.507 e. The summed E-state index contributed by atoms with van der Waals surface area (Å²) in [6, 6.07) is 16.6. The van der Waals surface area contributed by atoms with Gasteiger partial charge in [-0.1, -0.05) is 36.4 Å². The maximum atomic E-state index is 12.3. The van der Waals surface area contributed by atoms with Gasteiger partial charge < -0.3 is 10.4 Å². The predicted molar refractivity (Wildman–Crippen MR) is 94.3 cm³/mol. The number of aromatic hydroxyl groups is 1. The van der Waals surface area contributed by atoms with Crippen LogP contribution in [0.2, 0.25) is 0 Å². The molecule has 1 aliphatic rings. The number of nitrogens with one attached hydrogen (secondary N) is 1. The Bertz CT molecular complexity index is 962. The molecular weight excluding hydrogens is 300 g/mol. The minimum Gasteiger partial charge on any atom is -0.507 e. The highest BCUT2D eigenvalue weighted by molar-refractivity contribution is 6.35. The summed E-state index contributed by atoms with van der Waals surface area (Å²) in [6.45, 7) is 0. The van der Waals surface area contributed by atoms with Gasteiger partial charge in [0.2, 0.25) is 0 Å². The molecule has 0 fully saturated rings. The van der Waals surface area contributed by atoms with E-state index in [0.29, 0.717) is 11.1 Å². The van der Waals surface area contributed by atoms with Gasteiger partial charge in [-0.3, -0.25) is 9.78 Å². The van der Waals surface area contributed by atoms with Crippen LogP contribution in [0.4, 0.5) is 5.69 Å². The van der Waals surface area contributed by atoms with Gasteiger partial charge in [0.15, 0.2) is 0 Å². The molecule has 3 aromatic rings. The third-order valence-corrected chi connectivity index (χ3v) is 4.03. The van der Waals surface area contributed by atoms with Crippen LogP contribution >= 0.6 is 0 Å². The SMILES string of the molecule is O=C1Nc2cc(-c3cccnc3)ccc2/C1=C/c1ccccc1O. The van der Waals surface area contributed by atoms with Gasteiger partial charge in [0.05, 0.1) is 0 Å². The normalized spacial score (nSPS) is 14.5. The minimum absolute atomic E-state index is 0.151. The van der Waals surface area contributed by atoms with Gasteiger partial charge in [0, 0.05) is 40.3 Å². The van der Waals surface area contributed by atoms with Crippen LogP contribution in [0, 0.1) is 0 Å². The van der Waals surface area contributed by atoms with Crippen molar-refractivity contribution >= 4 is 23.2 Å². The molecule has 2 heterocycles. The Morgan fingerprint density at radius 3 is 2.67 bits per heavy atom. The molecule has 4 rings (SSSR count). The lowest BCUT2D eigenvalue weighted by molar-refractivity contribution is -0.110. The number of para-hydroxylation sites is 1. The Kier molecular flexibility index (Phi) is 3.35. The highest BCUT2D eigenvalue weighted by Crippen LogP contribution is 2.36. The van der Waals surface area contributed by atoms with E-state index in [1.807, 2.05) is 36.4 Å². The Hall–Kier alpha value is -3.40.